The van der Waals surface area contributed by atoms with Gasteiger partial charge in [0.1, 0.15) is 12.1 Å². The van der Waals surface area contributed by atoms with Crippen molar-refractivity contribution in [3.8, 4) is 0 Å². The molecule has 1 aromatic heterocycles. The minimum atomic E-state index is 0.572. The third-order valence-electron chi connectivity index (χ3n) is 1.38. The monoisotopic (exact) mass is 255 g/mol. The van der Waals surface area contributed by atoms with Crippen LogP contribution in [0.3, 0.4) is 0 Å². The first-order chi connectivity index (χ1) is 8.63. The minimum absolute atomic E-state index is 0.572. The van der Waals surface area contributed by atoms with Gasteiger partial charge in [-0.3, -0.25) is 0 Å². The Hall–Kier alpha value is -1.38. The lowest BCUT2D eigenvalue weighted by atomic mass is 10.2. The van der Waals surface area contributed by atoms with E-state index >= 15 is 0 Å². The fourth-order valence-electron chi connectivity index (χ4n) is 0.557. The van der Waals surface area contributed by atoms with Gasteiger partial charge in [-0.2, -0.15) is 0 Å². The number of aromatic nitrogens is 2. The van der Waals surface area contributed by atoms with Crippen LogP contribution in [0.4, 0.5) is 5.82 Å². The molecule has 1 rings (SSSR count). The zero-order chi connectivity index (χ0) is 15.6. The summed E-state index contributed by atoms with van der Waals surface area (Å²) in [6.07, 6.45) is 3.22. The normalized spacial score (nSPS) is 6.50. The van der Waals surface area contributed by atoms with Crippen molar-refractivity contribution in [1.82, 2.24) is 9.97 Å². The first-order valence-corrected chi connectivity index (χ1v) is 6.74. The molecule has 0 fully saturated rings. The SMILES string of the molecule is C=CC.CC.CC.CC.Cc1ncnc(N)c1C. The van der Waals surface area contributed by atoms with Crippen molar-refractivity contribution in [3.05, 3.63) is 30.2 Å². The molecule has 0 bridgehead atoms. The molecule has 0 unspecified atom stereocenters. The molecule has 0 aromatic carbocycles. The molecule has 108 valence electrons. The Kier molecular flexibility index (Phi) is 35.0. The van der Waals surface area contributed by atoms with E-state index in [1.807, 2.05) is 62.3 Å². The van der Waals surface area contributed by atoms with Crippen molar-refractivity contribution in [2.75, 3.05) is 5.73 Å². The van der Waals surface area contributed by atoms with Crippen LogP contribution in [0.5, 0.6) is 0 Å². The lowest BCUT2D eigenvalue weighted by Crippen LogP contribution is -1.97. The van der Waals surface area contributed by atoms with E-state index in [0.717, 1.165) is 11.3 Å². The van der Waals surface area contributed by atoms with Gasteiger partial charge in [0.05, 0.1) is 0 Å². The van der Waals surface area contributed by atoms with Crippen LogP contribution in [0.1, 0.15) is 59.7 Å². The largest absolute Gasteiger partial charge is 0.383 e. The maximum atomic E-state index is 5.47. The third kappa shape index (κ3) is 17.0. The van der Waals surface area contributed by atoms with E-state index in [1.165, 1.54) is 6.33 Å². The van der Waals surface area contributed by atoms with Gasteiger partial charge in [-0.25, -0.2) is 9.97 Å². The van der Waals surface area contributed by atoms with E-state index in [9.17, 15) is 0 Å². The van der Waals surface area contributed by atoms with Crippen LogP contribution >= 0.6 is 0 Å². The van der Waals surface area contributed by atoms with Crippen LogP contribution in [0, 0.1) is 13.8 Å². The summed E-state index contributed by atoms with van der Waals surface area (Å²) in [6.45, 7) is 21.1. The van der Waals surface area contributed by atoms with E-state index < -0.39 is 0 Å². The van der Waals surface area contributed by atoms with Crippen LogP contribution in [0.15, 0.2) is 19.0 Å². The smallest absolute Gasteiger partial charge is 0.129 e. The van der Waals surface area contributed by atoms with Gasteiger partial charge in [-0.15, -0.1) is 6.58 Å². The van der Waals surface area contributed by atoms with Gasteiger partial charge in [0.25, 0.3) is 0 Å². The molecule has 18 heavy (non-hydrogen) atoms. The molecular formula is C15H33N3. The number of nitrogens with two attached hydrogens (primary N) is 1. The molecule has 0 atom stereocenters. The Morgan fingerprint density at radius 1 is 1.00 bits per heavy atom. The molecule has 0 saturated carbocycles. The molecule has 0 amide bonds. The number of aryl methyl sites for hydroxylation is 1. The Morgan fingerprint density at radius 2 is 1.33 bits per heavy atom. The van der Waals surface area contributed by atoms with Crippen molar-refractivity contribution >= 4 is 5.82 Å². The van der Waals surface area contributed by atoms with Gasteiger partial charge in [0, 0.05) is 11.3 Å². The summed E-state index contributed by atoms with van der Waals surface area (Å²) in [4.78, 5) is 7.75. The zero-order valence-electron chi connectivity index (χ0n) is 13.8. The molecule has 0 aliphatic carbocycles. The van der Waals surface area contributed by atoms with E-state index in [4.69, 9.17) is 5.73 Å². The summed E-state index contributed by atoms with van der Waals surface area (Å²) in [5.41, 5.74) is 7.39. The predicted molar refractivity (Wildman–Crippen MR) is 85.8 cm³/mol. The topological polar surface area (TPSA) is 51.8 Å². The molecule has 0 aliphatic heterocycles. The molecule has 0 aliphatic rings. The molecule has 3 heteroatoms. The summed E-state index contributed by atoms with van der Waals surface area (Å²) in [6, 6.07) is 0. The number of hydrogen-bond acceptors (Lipinski definition) is 3. The predicted octanol–water partition coefficient (Wildman–Crippen LogP) is 4.95. The molecular weight excluding hydrogens is 222 g/mol. The molecule has 1 heterocycles. The molecule has 1 aromatic rings. The highest BCUT2D eigenvalue weighted by Gasteiger charge is 1.95. The van der Waals surface area contributed by atoms with E-state index in [1.54, 1.807) is 6.08 Å². The number of nitrogens with zero attached hydrogens (tertiary/aromatic N) is 2. The first-order valence-electron chi connectivity index (χ1n) is 6.74. The van der Waals surface area contributed by atoms with Crippen molar-refractivity contribution < 1.29 is 0 Å². The van der Waals surface area contributed by atoms with Crippen molar-refractivity contribution in [3.63, 3.8) is 0 Å². The highest BCUT2D eigenvalue weighted by Crippen LogP contribution is 2.06. The minimum Gasteiger partial charge on any atom is -0.383 e. The highest BCUT2D eigenvalue weighted by atomic mass is 14.9. The van der Waals surface area contributed by atoms with Crippen LogP contribution in [-0.2, 0) is 0 Å². The fourth-order valence-corrected chi connectivity index (χ4v) is 0.557. The fraction of sp³-hybridized carbons (Fsp3) is 0.600. The average Bonchev–Trinajstić information content (AvgIpc) is 2.44. The van der Waals surface area contributed by atoms with E-state index in [-0.39, 0.29) is 0 Å². The van der Waals surface area contributed by atoms with Crippen LogP contribution in [-0.4, -0.2) is 9.97 Å². The van der Waals surface area contributed by atoms with Crippen LogP contribution < -0.4 is 5.73 Å². The van der Waals surface area contributed by atoms with Crippen LogP contribution in [0.2, 0.25) is 0 Å². The van der Waals surface area contributed by atoms with Crippen LogP contribution in [0.25, 0.3) is 0 Å². The molecule has 0 spiro atoms. The van der Waals surface area contributed by atoms with Crippen molar-refractivity contribution in [2.24, 2.45) is 0 Å². The maximum absolute atomic E-state index is 5.47. The second-order valence-corrected chi connectivity index (χ2v) is 2.38. The average molecular weight is 255 g/mol. The molecule has 2 N–H and O–H groups in total. The standard InChI is InChI=1S/C6H9N3.C3H6.3C2H6/c1-4-5(2)8-3-9-6(4)7;1-3-2;3*1-2/h3H,1-2H3,(H2,7,8,9);3H,1H2,2H3;3*1-2H3. The summed E-state index contributed by atoms with van der Waals surface area (Å²) in [5, 5.41) is 0. The van der Waals surface area contributed by atoms with Crippen molar-refractivity contribution in [1.29, 1.82) is 0 Å². The summed E-state index contributed by atoms with van der Waals surface area (Å²) in [5.74, 6) is 0.572. The van der Waals surface area contributed by atoms with Gasteiger partial charge < -0.3 is 5.73 Å². The summed E-state index contributed by atoms with van der Waals surface area (Å²) >= 11 is 0. The second kappa shape index (κ2) is 24.7. The Bertz CT molecular complexity index is 238. The van der Waals surface area contributed by atoms with Gasteiger partial charge >= 0.3 is 0 Å². The van der Waals surface area contributed by atoms with E-state index in [0.29, 0.717) is 5.82 Å². The van der Waals surface area contributed by atoms with Gasteiger partial charge in [0.15, 0.2) is 0 Å². The first kappa shape index (κ1) is 25.5. The Morgan fingerprint density at radius 3 is 1.56 bits per heavy atom. The quantitative estimate of drug-likeness (QED) is 0.667. The Labute approximate surface area is 115 Å². The number of rotatable bonds is 0. The highest BCUT2D eigenvalue weighted by molar-refractivity contribution is 5.38. The zero-order valence-corrected chi connectivity index (χ0v) is 13.8. The van der Waals surface area contributed by atoms with E-state index in [2.05, 4.69) is 16.5 Å². The van der Waals surface area contributed by atoms with Crippen molar-refractivity contribution in [2.45, 2.75) is 62.3 Å². The summed E-state index contributed by atoms with van der Waals surface area (Å²) < 4.78 is 0. The summed E-state index contributed by atoms with van der Waals surface area (Å²) in [7, 11) is 0. The number of hydrogen-bond donors (Lipinski definition) is 1. The molecule has 0 radical (unpaired) electrons. The van der Waals surface area contributed by atoms with Gasteiger partial charge in [-0.1, -0.05) is 47.6 Å². The molecule has 3 nitrogen and oxygen atoms in total. The molecule has 0 saturated heterocycles. The van der Waals surface area contributed by atoms with Gasteiger partial charge in [0.2, 0.25) is 0 Å². The van der Waals surface area contributed by atoms with Gasteiger partial charge in [-0.05, 0) is 20.8 Å². The lowest BCUT2D eigenvalue weighted by molar-refractivity contribution is 1.07. The Balaban J connectivity index is -0.0000000925. The second-order valence-electron chi connectivity index (χ2n) is 2.38. The number of allylic oxidation sites excluding steroid dienone is 1. The number of anilines is 1. The third-order valence-corrected chi connectivity index (χ3v) is 1.38. The number of nitrogen functional groups attached to an aromatic ring is 1. The maximum Gasteiger partial charge on any atom is 0.129 e. The lowest BCUT2D eigenvalue weighted by Gasteiger charge is -1.98.